The number of nitrogen functional groups attached to an aromatic ring is 2. The Labute approximate surface area is 646 Å². The van der Waals surface area contributed by atoms with E-state index < -0.39 is 0 Å². The van der Waals surface area contributed by atoms with Crippen LogP contribution in [0.15, 0.2) is 138 Å². The van der Waals surface area contributed by atoms with Gasteiger partial charge in [0.25, 0.3) is 0 Å². The zero-order valence-electron chi connectivity index (χ0n) is 52.2. The monoisotopic (exact) mass is 1640 g/mol. The average molecular weight is 1650 g/mol. The predicted molar refractivity (Wildman–Crippen MR) is 404 cm³/mol. The number of pyridine rings is 5. The van der Waals surface area contributed by atoms with E-state index in [0.717, 1.165) is 130 Å². The SMILES string of the molecule is C.C.Clc1ncc(I)c2nccn12.N[C@@H]1c2ccncc2CC12CCN(c1ncc(I)c3nncn13)CC2.N[C@@H]1c2ccncc2CC12CCNCC2.Nc1nccc(Sc2cnc(N3CCC4(CC3)Cc3cnccc3[C@H]4N)n3cnnc23)c1Cl.Nc1nccc([S-])c1Cl.[B][B].[Na+]. The van der Waals surface area contributed by atoms with Crippen molar-refractivity contribution in [3.8, 4) is 0 Å². The molecule has 98 heavy (non-hydrogen) atoms. The number of rotatable bonds is 4. The Morgan fingerprint density at radius 3 is 1.46 bits per heavy atom. The Balaban J connectivity index is 0.000000152. The third-order valence-electron chi connectivity index (χ3n) is 19.0. The molecule has 17 rings (SSSR count). The smallest absolute Gasteiger partial charge is 0.778 e. The van der Waals surface area contributed by atoms with Crippen LogP contribution in [-0.2, 0) is 31.9 Å². The first-order chi connectivity index (χ1) is 46.1. The summed E-state index contributed by atoms with van der Waals surface area (Å²) in [6, 6.07) is 10.1. The molecule has 34 heteroatoms. The third kappa shape index (κ3) is 15.6. The van der Waals surface area contributed by atoms with Crippen LogP contribution in [0, 0.1) is 23.4 Å². The van der Waals surface area contributed by atoms with Crippen LogP contribution in [0.5, 0.6) is 0 Å². The number of halogens is 5. The zero-order valence-corrected chi connectivity index (χ0v) is 62.4. The van der Waals surface area contributed by atoms with E-state index in [1.165, 1.54) is 64.2 Å². The second-order valence-electron chi connectivity index (χ2n) is 24.0. The predicted octanol–water partition coefficient (Wildman–Crippen LogP) is 6.84. The first kappa shape index (κ1) is 76.7. The van der Waals surface area contributed by atoms with Crippen LogP contribution in [0.2, 0.25) is 15.3 Å². The van der Waals surface area contributed by atoms with Gasteiger partial charge in [0.1, 0.15) is 24.3 Å². The topological polar surface area (TPSA) is 329 Å². The summed E-state index contributed by atoms with van der Waals surface area (Å²) in [5, 5.41) is 21.4. The molecule has 11 N–H and O–H groups in total. The van der Waals surface area contributed by atoms with Crippen molar-refractivity contribution in [3.63, 3.8) is 0 Å². The minimum Gasteiger partial charge on any atom is -0.778 e. The molecule has 3 aliphatic carbocycles. The van der Waals surface area contributed by atoms with Gasteiger partial charge in [0.2, 0.25) is 17.2 Å². The van der Waals surface area contributed by atoms with Crippen LogP contribution >= 0.6 is 91.7 Å². The fourth-order valence-electron chi connectivity index (χ4n) is 13.9. The summed E-state index contributed by atoms with van der Waals surface area (Å²) >= 11 is 28.3. The van der Waals surface area contributed by atoms with Crippen molar-refractivity contribution in [1.82, 2.24) is 83.8 Å². The number of fused-ring (bicyclic) bond motifs is 6. The number of aromatic nitrogens is 16. The minimum atomic E-state index is 0. The molecule has 6 aliphatic rings. The molecule has 0 bridgehead atoms. The van der Waals surface area contributed by atoms with Gasteiger partial charge < -0.3 is 56.4 Å². The van der Waals surface area contributed by atoms with Crippen LogP contribution in [0.25, 0.3) is 16.9 Å². The molecule has 502 valence electrons. The number of imidazole rings is 1. The van der Waals surface area contributed by atoms with Gasteiger partial charge in [0.15, 0.2) is 16.9 Å². The maximum atomic E-state index is 6.72. The maximum absolute atomic E-state index is 6.72. The standard InChI is InChI=1S/C22H22ClN9S.C17H18IN7.C12H17N3.C6H3ClIN3.C5H5ClN2S.2CH4.B2.Na/c23-17-15(2-6-27-19(17)25)33-16-11-28-21(32-12-29-30-20(16)32)31-7-3-22(4-8-31)9-13-10-26-5-1-14(13)18(22)24;18-13-9-21-16(25-10-22-23-15(13)25)24-5-2-17(3-6-24)7-11-8-20-4-1-12(11)14(17)19;13-11-10-1-4-15-8-9(10)7-12(11)2-5-14-6-3-12;7-6-10-3-4(8)5-9-1-2-11(5)6;6-4-3(9)1-2-8-5(4)7;;;1-2;/h1-2,5-6,10-12,18H,3-4,7-9,24H2,(H2,25,27);1,4,8-10,14H,2-3,5-7,19H2;1,4,8,11,14H,2-3,5-7,13H2;1-3H;1-2H,(H3,7,8,9);2*1H4;;/q;;;;;;;;+1/p-1/t18-;14-;11-;;;;;;/m111....../s1. The van der Waals surface area contributed by atoms with Gasteiger partial charge in [-0.05, 0) is 202 Å². The molecule has 0 amide bonds. The van der Waals surface area contributed by atoms with E-state index in [1.807, 2.05) is 64.4 Å². The molecule has 24 nitrogen and oxygen atoms in total. The first-order valence-corrected chi connectivity index (χ1v) is 35.0. The Bertz CT molecular complexity index is 4460. The summed E-state index contributed by atoms with van der Waals surface area (Å²) < 4.78 is 7.66. The average Bonchev–Trinajstić information content (AvgIpc) is 1.67. The molecule has 11 aromatic rings. The van der Waals surface area contributed by atoms with Crippen molar-refractivity contribution in [2.24, 2.45) is 33.4 Å². The Morgan fingerprint density at radius 2 is 0.969 bits per heavy atom. The molecule has 3 atom stereocenters. The van der Waals surface area contributed by atoms with Gasteiger partial charge in [-0.15, -0.1) is 20.4 Å². The van der Waals surface area contributed by atoms with Gasteiger partial charge in [-0.3, -0.25) is 23.8 Å². The molecule has 14 heterocycles. The largest absolute Gasteiger partial charge is 1.00 e. The summed E-state index contributed by atoms with van der Waals surface area (Å²) in [6.07, 6.45) is 36.6. The molecule has 3 aliphatic heterocycles. The maximum Gasteiger partial charge on any atom is 1.00 e. The zero-order chi connectivity index (χ0) is 66.6. The van der Waals surface area contributed by atoms with Crippen LogP contribution < -0.4 is 73.3 Å². The van der Waals surface area contributed by atoms with Crippen LogP contribution in [0.4, 0.5) is 23.5 Å². The number of hydrogen-bond donors (Lipinski definition) is 6. The van der Waals surface area contributed by atoms with Crippen molar-refractivity contribution < 1.29 is 29.6 Å². The molecule has 0 unspecified atom stereocenters. The van der Waals surface area contributed by atoms with E-state index in [1.54, 1.807) is 47.9 Å². The number of piperidine rings is 3. The summed E-state index contributed by atoms with van der Waals surface area (Å²) in [5.74, 6) is 2.35. The van der Waals surface area contributed by atoms with Gasteiger partial charge in [-0.1, -0.05) is 55.9 Å². The van der Waals surface area contributed by atoms with Crippen LogP contribution in [0.3, 0.4) is 0 Å². The quantitative estimate of drug-likeness (QED) is 0.0454. The van der Waals surface area contributed by atoms with Crippen molar-refractivity contribution in [1.29, 1.82) is 0 Å². The normalized spacial score (nSPS) is 18.5. The van der Waals surface area contributed by atoms with E-state index in [9.17, 15) is 0 Å². The van der Waals surface area contributed by atoms with Crippen LogP contribution in [-0.4, -0.2) is 133 Å². The Hall–Kier alpha value is -5.46. The molecule has 11 aromatic heterocycles. The minimum absolute atomic E-state index is 0. The number of nitrogens with zero attached hydrogens (tertiary/aromatic N) is 18. The number of anilines is 4. The summed E-state index contributed by atoms with van der Waals surface area (Å²) in [5.41, 5.74) is 41.7. The van der Waals surface area contributed by atoms with Gasteiger partial charge in [-0.2, -0.15) is 4.90 Å². The molecular weight excluding hydrogens is 1570 g/mol. The number of nitrogens with two attached hydrogens (primary N) is 5. The van der Waals surface area contributed by atoms with Crippen LogP contribution in [0.1, 0.15) is 105 Å². The third-order valence-corrected chi connectivity index (χ3v) is 23.2. The van der Waals surface area contributed by atoms with Gasteiger partial charge >= 0.3 is 29.6 Å². The van der Waals surface area contributed by atoms with Crippen molar-refractivity contribution in [2.75, 3.05) is 60.5 Å². The van der Waals surface area contributed by atoms with Crippen molar-refractivity contribution >= 4 is 160 Å². The molecular formula is C64H72B2Cl3I2N24NaS2. The number of nitrogens with one attached hydrogen (secondary N) is 1. The van der Waals surface area contributed by atoms with Crippen molar-refractivity contribution in [3.05, 3.63) is 179 Å². The second-order valence-corrected chi connectivity index (χ2v) is 28.9. The second kappa shape index (κ2) is 33.6. The van der Waals surface area contributed by atoms with Gasteiger partial charge in [0, 0.05) is 145 Å². The molecule has 3 saturated heterocycles. The molecule has 3 spiro atoms. The Kier molecular flexibility index (Phi) is 26.3. The summed E-state index contributed by atoms with van der Waals surface area (Å²) in [4.78, 5) is 44.8. The fraction of sp³-hybridized carbons (Fsp3) is 0.359. The van der Waals surface area contributed by atoms with E-state index >= 15 is 0 Å². The molecule has 0 aromatic carbocycles. The van der Waals surface area contributed by atoms with Gasteiger partial charge in [-0.25, -0.2) is 34.3 Å². The molecule has 3 fully saturated rings. The van der Waals surface area contributed by atoms with E-state index in [4.69, 9.17) is 81.1 Å². The van der Waals surface area contributed by atoms with E-state index in [0.29, 0.717) is 37.3 Å². The first-order valence-electron chi connectivity index (χ1n) is 30.5. The molecule has 4 radical (unpaired) electrons. The van der Waals surface area contributed by atoms with E-state index in [-0.39, 0.29) is 73.4 Å². The Morgan fingerprint density at radius 1 is 0.520 bits per heavy atom. The summed E-state index contributed by atoms with van der Waals surface area (Å²) in [6.45, 7) is 5.83. The number of hydrogen-bond acceptors (Lipinski definition) is 23. The van der Waals surface area contributed by atoms with Gasteiger partial charge in [0.05, 0.1) is 22.1 Å². The fourth-order valence-corrected chi connectivity index (χ4v) is 16.5. The van der Waals surface area contributed by atoms with Crippen molar-refractivity contribution in [2.45, 2.75) is 105 Å². The van der Waals surface area contributed by atoms with E-state index in [2.05, 4.69) is 154 Å². The summed E-state index contributed by atoms with van der Waals surface area (Å²) in [7, 11) is 8.00. The molecule has 0 saturated carbocycles.